The smallest absolute Gasteiger partial charge is 0.325 e. The molecular formula is C11H18N4O6. The van der Waals surface area contributed by atoms with Gasteiger partial charge in [-0.2, -0.15) is 0 Å². The summed E-state index contributed by atoms with van der Waals surface area (Å²) < 4.78 is 0. The highest BCUT2D eigenvalue weighted by atomic mass is 16.4. The lowest BCUT2D eigenvalue weighted by molar-refractivity contribution is -0.144. The maximum atomic E-state index is 10.6. The van der Waals surface area contributed by atoms with E-state index in [2.05, 4.69) is 15.3 Å². The molecule has 0 saturated carbocycles. The Morgan fingerprint density at radius 2 is 1.86 bits per heavy atom. The lowest BCUT2D eigenvalue weighted by Gasteiger charge is -1.99. The third-order valence-corrected chi connectivity index (χ3v) is 1.97. The molecule has 0 amide bonds. The molecule has 1 aromatic heterocycles. The summed E-state index contributed by atoms with van der Waals surface area (Å²) in [5, 5.41) is 19.0. The van der Waals surface area contributed by atoms with Crippen molar-refractivity contribution >= 4 is 11.9 Å². The highest BCUT2D eigenvalue weighted by Crippen LogP contribution is 1.86. The van der Waals surface area contributed by atoms with E-state index in [1.54, 1.807) is 6.92 Å². The molecule has 1 aliphatic heterocycles. The number of nitrogens with one attached hydrogen (secondary N) is 3. The van der Waals surface area contributed by atoms with Gasteiger partial charge in [0.25, 0.3) is 5.56 Å². The van der Waals surface area contributed by atoms with Crippen LogP contribution in [0.1, 0.15) is 12.0 Å². The molecule has 21 heavy (non-hydrogen) atoms. The zero-order valence-electron chi connectivity index (χ0n) is 11.4. The predicted molar refractivity (Wildman–Crippen MR) is 73.2 cm³/mol. The number of aliphatic carboxylic acids is 2. The van der Waals surface area contributed by atoms with E-state index < -0.39 is 30.1 Å². The van der Waals surface area contributed by atoms with Gasteiger partial charge >= 0.3 is 17.6 Å². The Morgan fingerprint density at radius 3 is 2.10 bits per heavy atom. The van der Waals surface area contributed by atoms with Crippen molar-refractivity contribution in [1.82, 2.24) is 15.3 Å². The fraction of sp³-hybridized carbons (Fsp3) is 0.455. The predicted octanol–water partition coefficient (Wildman–Crippen LogP) is -2.17. The lowest BCUT2D eigenvalue weighted by atomic mass is 10.2. The van der Waals surface area contributed by atoms with Crippen molar-refractivity contribution in [1.29, 1.82) is 0 Å². The van der Waals surface area contributed by atoms with Gasteiger partial charge < -0.3 is 26.2 Å². The Bertz CT molecular complexity index is 574. The maximum Gasteiger partial charge on any atom is 0.325 e. The summed E-state index contributed by atoms with van der Waals surface area (Å²) in [4.78, 5) is 44.9. The topological polar surface area (TPSA) is 188 Å². The average Bonchev–Trinajstić information content (AvgIpc) is 3.22. The van der Waals surface area contributed by atoms with E-state index in [0.29, 0.717) is 5.56 Å². The number of H-pyrrole nitrogens is 2. The van der Waals surface area contributed by atoms with E-state index in [0.717, 1.165) is 0 Å². The highest BCUT2D eigenvalue weighted by molar-refractivity contribution is 5.80. The van der Waals surface area contributed by atoms with Crippen LogP contribution in [0.2, 0.25) is 0 Å². The Kier molecular flexibility index (Phi) is 8.34. The van der Waals surface area contributed by atoms with Crippen molar-refractivity contribution in [3.05, 3.63) is 32.6 Å². The number of carboxylic acid groups (broad SMARTS) is 2. The van der Waals surface area contributed by atoms with Crippen molar-refractivity contribution in [3.63, 3.8) is 0 Å². The Labute approximate surface area is 119 Å². The van der Waals surface area contributed by atoms with Crippen molar-refractivity contribution < 1.29 is 19.8 Å². The van der Waals surface area contributed by atoms with Gasteiger partial charge in [-0.1, -0.05) is 0 Å². The van der Waals surface area contributed by atoms with E-state index in [4.69, 9.17) is 15.9 Å². The van der Waals surface area contributed by atoms with Gasteiger partial charge in [0.15, 0.2) is 0 Å². The zero-order valence-corrected chi connectivity index (χ0v) is 11.4. The van der Waals surface area contributed by atoms with Crippen LogP contribution in [0.5, 0.6) is 0 Å². The molecule has 2 heterocycles. The van der Waals surface area contributed by atoms with Gasteiger partial charge in [0.2, 0.25) is 0 Å². The monoisotopic (exact) mass is 302 g/mol. The van der Waals surface area contributed by atoms with Crippen molar-refractivity contribution in [2.24, 2.45) is 5.73 Å². The van der Waals surface area contributed by atoms with E-state index >= 15 is 0 Å². The summed E-state index contributed by atoms with van der Waals surface area (Å²) in [6.45, 7) is 4.12. The average molecular weight is 302 g/mol. The fourth-order valence-electron chi connectivity index (χ4n) is 0.753. The second kappa shape index (κ2) is 9.44. The van der Waals surface area contributed by atoms with Gasteiger partial charge in [-0.3, -0.25) is 19.4 Å². The number of rotatable bonds is 3. The molecule has 0 aliphatic carbocycles. The number of carboxylic acids is 2. The summed E-state index contributed by atoms with van der Waals surface area (Å²) in [6, 6.07) is -1.29. The minimum absolute atomic E-state index is 0.334. The maximum absolute atomic E-state index is 10.6. The molecule has 1 aromatic rings. The molecule has 10 heteroatoms. The van der Waals surface area contributed by atoms with Crippen LogP contribution in [0, 0.1) is 6.92 Å². The van der Waals surface area contributed by atoms with E-state index in [-0.39, 0.29) is 5.56 Å². The minimum atomic E-state index is -1.29. The second-order valence-electron chi connectivity index (χ2n) is 4.05. The highest BCUT2D eigenvalue weighted by Gasteiger charge is 2.14. The molecule has 0 radical (unpaired) electrons. The number of carbonyl (C=O) groups is 2. The first-order chi connectivity index (χ1) is 9.73. The van der Waals surface area contributed by atoms with Gasteiger partial charge in [0, 0.05) is 24.8 Å². The fourth-order valence-corrected chi connectivity index (χ4v) is 0.753. The van der Waals surface area contributed by atoms with Crippen molar-refractivity contribution in [3.8, 4) is 0 Å². The molecule has 1 aliphatic rings. The van der Waals surface area contributed by atoms with Crippen molar-refractivity contribution in [2.45, 2.75) is 19.4 Å². The minimum Gasteiger partial charge on any atom is -0.481 e. The molecule has 0 bridgehead atoms. The summed E-state index contributed by atoms with van der Waals surface area (Å²) in [5.74, 6) is -2.50. The van der Waals surface area contributed by atoms with E-state index in [1.807, 2.05) is 0 Å². The van der Waals surface area contributed by atoms with Gasteiger partial charge in [-0.05, 0) is 6.92 Å². The molecule has 1 atom stereocenters. The van der Waals surface area contributed by atoms with Crippen LogP contribution >= 0.6 is 0 Å². The number of aromatic amines is 2. The van der Waals surface area contributed by atoms with Crippen LogP contribution in [0.3, 0.4) is 0 Å². The molecule has 1 fully saturated rings. The lowest BCUT2D eigenvalue weighted by Crippen LogP contribution is -2.32. The zero-order chi connectivity index (χ0) is 16.4. The number of hydrogen-bond donors (Lipinski definition) is 6. The normalized spacial score (nSPS) is 12.9. The van der Waals surface area contributed by atoms with Crippen LogP contribution in [0.25, 0.3) is 0 Å². The van der Waals surface area contributed by atoms with Crippen molar-refractivity contribution in [2.75, 3.05) is 13.1 Å². The number of aromatic nitrogens is 2. The molecule has 1 unspecified atom stereocenters. The first-order valence-corrected chi connectivity index (χ1v) is 5.93. The van der Waals surface area contributed by atoms with Gasteiger partial charge in [0.05, 0.1) is 6.42 Å². The second-order valence-corrected chi connectivity index (χ2v) is 4.05. The molecule has 118 valence electrons. The standard InChI is InChI=1S/C5H6N2O2.C4H7NO4.C2H5N/c1-3-2-6-5(9)7-4(3)8;5-2(4(8)9)1-3(6)7;1-2-3-1/h2H,1H3,(H2,6,7,8,9);2H,1,5H2,(H,6,7)(H,8,9);3H,1-2H2. The molecule has 0 spiro atoms. The molecule has 1 saturated heterocycles. The van der Waals surface area contributed by atoms with Crippen LogP contribution in [0.4, 0.5) is 0 Å². The molecule has 10 nitrogen and oxygen atoms in total. The number of hydrogen-bond acceptors (Lipinski definition) is 6. The van der Waals surface area contributed by atoms with Gasteiger partial charge in [0.1, 0.15) is 6.04 Å². The van der Waals surface area contributed by atoms with E-state index in [1.165, 1.54) is 19.3 Å². The third kappa shape index (κ3) is 11.1. The largest absolute Gasteiger partial charge is 0.481 e. The first-order valence-electron chi connectivity index (χ1n) is 5.93. The van der Waals surface area contributed by atoms with Crippen LogP contribution < -0.4 is 22.3 Å². The molecule has 7 N–H and O–H groups in total. The summed E-state index contributed by atoms with van der Waals surface area (Å²) in [5.41, 5.74) is 4.54. The Morgan fingerprint density at radius 1 is 1.33 bits per heavy atom. The Hall–Kier alpha value is -2.46. The van der Waals surface area contributed by atoms with Gasteiger partial charge in [-0.15, -0.1) is 0 Å². The third-order valence-electron chi connectivity index (χ3n) is 1.97. The first kappa shape index (κ1) is 18.5. The van der Waals surface area contributed by atoms with Crippen LogP contribution in [-0.2, 0) is 9.59 Å². The van der Waals surface area contributed by atoms with E-state index in [9.17, 15) is 19.2 Å². The molecule has 0 aromatic carbocycles. The SMILES string of the molecule is C1CN1.Cc1c[nH]c(=O)[nH]c1=O.NC(CC(=O)O)C(=O)O. The van der Waals surface area contributed by atoms with Crippen LogP contribution in [0.15, 0.2) is 15.8 Å². The number of nitrogens with two attached hydrogens (primary N) is 1. The molecule has 2 rings (SSSR count). The van der Waals surface area contributed by atoms with Crippen LogP contribution in [-0.4, -0.2) is 51.3 Å². The Balaban J connectivity index is 0.000000317. The summed E-state index contributed by atoms with van der Waals surface area (Å²) >= 11 is 0. The van der Waals surface area contributed by atoms with Gasteiger partial charge in [-0.25, -0.2) is 4.79 Å². The summed E-state index contributed by atoms with van der Waals surface area (Å²) in [6.07, 6.45) is 0.844. The number of aryl methyl sites for hydroxylation is 1. The summed E-state index contributed by atoms with van der Waals surface area (Å²) in [7, 11) is 0. The molecular weight excluding hydrogens is 284 g/mol. The quantitative estimate of drug-likeness (QED) is 0.340.